The van der Waals surface area contributed by atoms with Gasteiger partial charge in [0.2, 0.25) is 0 Å². The molecule has 1 unspecified atom stereocenters. The normalized spacial score (nSPS) is 12.0. The molecule has 3 aromatic rings. The first-order chi connectivity index (χ1) is 12.0. The van der Waals surface area contributed by atoms with Crippen molar-refractivity contribution in [3.63, 3.8) is 0 Å². The zero-order valence-corrected chi connectivity index (χ0v) is 13.4. The highest BCUT2D eigenvalue weighted by Gasteiger charge is 2.23. The number of H-pyrrole nitrogens is 1. The molecule has 0 bridgehead atoms. The molecule has 0 radical (unpaired) electrons. The number of hydrogen-bond donors (Lipinski definition) is 3. The van der Waals surface area contributed by atoms with Gasteiger partial charge in [0.15, 0.2) is 5.65 Å². The van der Waals surface area contributed by atoms with Crippen molar-refractivity contribution in [2.24, 2.45) is 0 Å². The second-order valence-corrected chi connectivity index (χ2v) is 5.64. The highest BCUT2D eigenvalue weighted by atomic mass is 16.4. The van der Waals surface area contributed by atoms with Gasteiger partial charge in [-0.25, -0.2) is 14.3 Å². The Bertz CT molecular complexity index is 991. The third-order valence-corrected chi connectivity index (χ3v) is 3.76. The molecule has 0 saturated carbocycles. The van der Waals surface area contributed by atoms with Crippen LogP contribution < -0.4 is 10.9 Å². The maximum Gasteiger partial charge on any atom is 0.326 e. The van der Waals surface area contributed by atoms with Crippen LogP contribution in [0.2, 0.25) is 0 Å². The maximum absolute atomic E-state index is 12.5. The molecule has 25 heavy (non-hydrogen) atoms. The first-order valence-corrected chi connectivity index (χ1v) is 7.61. The molecule has 0 spiro atoms. The van der Waals surface area contributed by atoms with Gasteiger partial charge in [-0.15, -0.1) is 0 Å². The van der Waals surface area contributed by atoms with Crippen LogP contribution in [0.25, 0.3) is 5.65 Å². The standard InChI is InChI=1S/C17H16N4O4/c1-10-7-14(22)21-15(19-10)12(9-18-21)16(23)20-13(17(24)25)8-11-5-3-2-4-6-11/h2-7,9,13,18H,8H2,1H3,(H,20,23)(H,24,25). The second-order valence-electron chi connectivity index (χ2n) is 5.64. The van der Waals surface area contributed by atoms with Gasteiger partial charge >= 0.3 is 5.97 Å². The second kappa shape index (κ2) is 6.60. The Morgan fingerprint density at radius 1 is 1.32 bits per heavy atom. The van der Waals surface area contributed by atoms with Crippen molar-refractivity contribution in [1.29, 1.82) is 0 Å². The summed E-state index contributed by atoms with van der Waals surface area (Å²) < 4.78 is 1.13. The number of aromatic nitrogens is 3. The quantitative estimate of drug-likeness (QED) is 0.634. The van der Waals surface area contributed by atoms with Crippen LogP contribution in [0, 0.1) is 6.92 Å². The first-order valence-electron chi connectivity index (χ1n) is 7.61. The van der Waals surface area contributed by atoms with Gasteiger partial charge in [0, 0.05) is 24.4 Å². The van der Waals surface area contributed by atoms with E-state index in [1.807, 2.05) is 6.07 Å². The molecule has 1 amide bonds. The van der Waals surface area contributed by atoms with Gasteiger partial charge in [-0.2, -0.15) is 0 Å². The molecule has 2 heterocycles. The van der Waals surface area contributed by atoms with Crippen LogP contribution in [-0.2, 0) is 11.2 Å². The summed E-state index contributed by atoms with van der Waals surface area (Å²) >= 11 is 0. The fraction of sp³-hybridized carbons (Fsp3) is 0.176. The number of carbonyl (C=O) groups is 2. The molecule has 128 valence electrons. The van der Waals surface area contributed by atoms with Gasteiger partial charge in [0.05, 0.1) is 0 Å². The van der Waals surface area contributed by atoms with E-state index >= 15 is 0 Å². The SMILES string of the molecule is Cc1cc(=O)n2[nH]cc(C(=O)NC(Cc3ccccc3)C(=O)O)c2n1. The number of carboxylic acids is 1. The van der Waals surface area contributed by atoms with Crippen molar-refractivity contribution in [3.8, 4) is 0 Å². The number of nitrogens with one attached hydrogen (secondary N) is 2. The van der Waals surface area contributed by atoms with Crippen LogP contribution in [0.1, 0.15) is 21.6 Å². The Hall–Kier alpha value is -3.42. The monoisotopic (exact) mass is 340 g/mol. The number of hydrogen-bond acceptors (Lipinski definition) is 4. The molecule has 1 atom stereocenters. The molecular weight excluding hydrogens is 324 g/mol. The zero-order valence-electron chi connectivity index (χ0n) is 13.4. The van der Waals surface area contributed by atoms with Gasteiger partial charge in [0.25, 0.3) is 11.5 Å². The number of nitrogens with zero attached hydrogens (tertiary/aromatic N) is 2. The Labute approximate surface area is 142 Å². The van der Waals surface area contributed by atoms with E-state index in [9.17, 15) is 19.5 Å². The average Bonchev–Trinajstić information content (AvgIpc) is 2.99. The molecule has 0 fully saturated rings. The van der Waals surface area contributed by atoms with Crippen LogP contribution in [0.4, 0.5) is 0 Å². The lowest BCUT2D eigenvalue weighted by molar-refractivity contribution is -0.139. The van der Waals surface area contributed by atoms with Gasteiger partial charge in [-0.3, -0.25) is 14.7 Å². The summed E-state index contributed by atoms with van der Waals surface area (Å²) in [4.78, 5) is 40.0. The lowest BCUT2D eigenvalue weighted by Crippen LogP contribution is -2.42. The molecule has 8 heteroatoms. The number of fused-ring (bicyclic) bond motifs is 1. The van der Waals surface area contributed by atoms with Crippen molar-refractivity contribution < 1.29 is 14.7 Å². The van der Waals surface area contributed by atoms with E-state index in [4.69, 9.17) is 0 Å². The predicted octanol–water partition coefficient (Wildman–Crippen LogP) is 0.757. The van der Waals surface area contributed by atoms with E-state index in [2.05, 4.69) is 15.4 Å². The number of benzene rings is 1. The number of carboxylic acid groups (broad SMARTS) is 1. The fourth-order valence-corrected chi connectivity index (χ4v) is 2.55. The minimum atomic E-state index is -1.14. The van der Waals surface area contributed by atoms with Crippen LogP contribution in [0.15, 0.2) is 47.4 Å². The number of amides is 1. The Morgan fingerprint density at radius 2 is 2.04 bits per heavy atom. The summed E-state index contributed by atoms with van der Waals surface area (Å²) in [5, 5.41) is 14.5. The highest BCUT2D eigenvalue weighted by molar-refractivity contribution is 6.01. The lowest BCUT2D eigenvalue weighted by atomic mass is 10.1. The van der Waals surface area contributed by atoms with E-state index in [-0.39, 0.29) is 23.2 Å². The third-order valence-electron chi connectivity index (χ3n) is 3.76. The molecular formula is C17H16N4O4. The summed E-state index contributed by atoms with van der Waals surface area (Å²) in [6, 6.07) is 9.25. The predicted molar refractivity (Wildman–Crippen MR) is 89.6 cm³/mol. The molecule has 0 aliphatic rings. The van der Waals surface area contributed by atoms with Gasteiger partial charge in [-0.1, -0.05) is 30.3 Å². The molecule has 0 aliphatic carbocycles. The molecule has 0 aliphatic heterocycles. The summed E-state index contributed by atoms with van der Waals surface area (Å²) in [6.45, 7) is 1.64. The Morgan fingerprint density at radius 3 is 2.72 bits per heavy atom. The van der Waals surface area contributed by atoms with E-state index in [0.29, 0.717) is 5.69 Å². The van der Waals surface area contributed by atoms with Gasteiger partial charge < -0.3 is 10.4 Å². The minimum Gasteiger partial charge on any atom is -0.480 e. The summed E-state index contributed by atoms with van der Waals surface area (Å²) in [5.74, 6) is -1.75. The van der Waals surface area contributed by atoms with E-state index in [1.165, 1.54) is 12.3 Å². The topological polar surface area (TPSA) is 117 Å². The maximum atomic E-state index is 12.5. The molecule has 3 rings (SSSR count). The molecule has 8 nitrogen and oxygen atoms in total. The van der Waals surface area contributed by atoms with Crippen LogP contribution in [0.5, 0.6) is 0 Å². The molecule has 2 aromatic heterocycles. The zero-order chi connectivity index (χ0) is 18.0. The Balaban J connectivity index is 1.87. The highest BCUT2D eigenvalue weighted by Crippen LogP contribution is 2.09. The number of aliphatic carboxylic acids is 1. The molecule has 1 aromatic carbocycles. The van der Waals surface area contributed by atoms with Gasteiger partial charge in [0.1, 0.15) is 11.6 Å². The van der Waals surface area contributed by atoms with E-state index in [1.54, 1.807) is 31.2 Å². The largest absolute Gasteiger partial charge is 0.480 e. The fourth-order valence-electron chi connectivity index (χ4n) is 2.55. The van der Waals surface area contributed by atoms with Crippen molar-refractivity contribution in [3.05, 3.63) is 69.8 Å². The Kier molecular flexibility index (Phi) is 4.34. The summed E-state index contributed by atoms with van der Waals surface area (Å²) in [7, 11) is 0. The number of aromatic amines is 1. The molecule has 3 N–H and O–H groups in total. The number of rotatable bonds is 5. The number of carbonyl (C=O) groups excluding carboxylic acids is 1. The van der Waals surface area contributed by atoms with Crippen molar-refractivity contribution >= 4 is 17.5 Å². The van der Waals surface area contributed by atoms with E-state index < -0.39 is 17.9 Å². The lowest BCUT2D eigenvalue weighted by Gasteiger charge is -2.14. The minimum absolute atomic E-state index is 0.111. The van der Waals surface area contributed by atoms with Crippen LogP contribution >= 0.6 is 0 Å². The smallest absolute Gasteiger partial charge is 0.326 e. The van der Waals surface area contributed by atoms with Crippen molar-refractivity contribution in [2.45, 2.75) is 19.4 Å². The van der Waals surface area contributed by atoms with E-state index in [0.717, 1.165) is 10.1 Å². The average molecular weight is 340 g/mol. The van der Waals surface area contributed by atoms with Crippen LogP contribution in [-0.4, -0.2) is 37.6 Å². The number of aryl methyl sites for hydroxylation is 1. The van der Waals surface area contributed by atoms with Crippen molar-refractivity contribution in [2.75, 3.05) is 0 Å². The first kappa shape index (κ1) is 16.4. The van der Waals surface area contributed by atoms with Crippen molar-refractivity contribution in [1.82, 2.24) is 19.9 Å². The third kappa shape index (κ3) is 3.42. The molecule has 0 saturated heterocycles. The summed E-state index contributed by atoms with van der Waals surface area (Å²) in [6.07, 6.45) is 1.48. The van der Waals surface area contributed by atoms with Gasteiger partial charge in [-0.05, 0) is 12.5 Å². The summed E-state index contributed by atoms with van der Waals surface area (Å²) in [5.41, 5.74) is 1.18. The van der Waals surface area contributed by atoms with Crippen LogP contribution in [0.3, 0.4) is 0 Å².